The Morgan fingerprint density at radius 1 is 1.26 bits per heavy atom. The monoisotopic (exact) mass is 315 g/mol. The number of carbonyl (C=O) groups is 2. The van der Waals surface area contributed by atoms with Crippen molar-refractivity contribution in [1.29, 1.82) is 0 Å². The maximum absolute atomic E-state index is 12.1. The molecule has 7 nitrogen and oxygen atoms in total. The topological polar surface area (TPSA) is 103 Å². The molecule has 0 unspecified atom stereocenters. The SMILES string of the molecule is COc1cn(CC(=O)Nc2ccc(C(N)=O)cc2)c(C)cc1=O. The Kier molecular flexibility index (Phi) is 4.80. The Bertz CT molecular complexity index is 794. The molecule has 1 aromatic heterocycles. The van der Waals surface area contributed by atoms with Gasteiger partial charge < -0.3 is 20.4 Å². The molecule has 1 heterocycles. The van der Waals surface area contributed by atoms with Gasteiger partial charge in [0.25, 0.3) is 0 Å². The molecular weight excluding hydrogens is 298 g/mol. The third-order valence-corrected chi connectivity index (χ3v) is 3.30. The summed E-state index contributed by atoms with van der Waals surface area (Å²) in [6, 6.07) is 7.67. The van der Waals surface area contributed by atoms with Crippen LogP contribution in [0.25, 0.3) is 0 Å². The Labute approximate surface area is 132 Å². The summed E-state index contributed by atoms with van der Waals surface area (Å²) in [5, 5.41) is 2.71. The van der Waals surface area contributed by atoms with E-state index in [9.17, 15) is 14.4 Å². The lowest BCUT2D eigenvalue weighted by Gasteiger charge is -2.12. The number of rotatable bonds is 5. The highest BCUT2D eigenvalue weighted by Crippen LogP contribution is 2.10. The lowest BCUT2D eigenvalue weighted by Crippen LogP contribution is -2.22. The fourth-order valence-electron chi connectivity index (χ4n) is 2.05. The molecule has 0 spiro atoms. The summed E-state index contributed by atoms with van der Waals surface area (Å²) >= 11 is 0. The van der Waals surface area contributed by atoms with Crippen LogP contribution in [0, 0.1) is 6.92 Å². The van der Waals surface area contributed by atoms with Crippen LogP contribution < -0.4 is 21.2 Å². The molecule has 2 rings (SSSR count). The van der Waals surface area contributed by atoms with Gasteiger partial charge in [0.15, 0.2) is 5.75 Å². The summed E-state index contributed by atoms with van der Waals surface area (Å²) in [5.74, 6) is -0.626. The number of primary amides is 1. The number of anilines is 1. The zero-order chi connectivity index (χ0) is 17.0. The molecule has 0 bridgehead atoms. The third-order valence-electron chi connectivity index (χ3n) is 3.30. The smallest absolute Gasteiger partial charge is 0.248 e. The number of hydrogen-bond acceptors (Lipinski definition) is 4. The summed E-state index contributed by atoms with van der Waals surface area (Å²) in [7, 11) is 1.40. The zero-order valence-electron chi connectivity index (χ0n) is 12.8. The molecule has 2 amide bonds. The second kappa shape index (κ2) is 6.78. The van der Waals surface area contributed by atoms with Gasteiger partial charge in [-0.05, 0) is 31.2 Å². The van der Waals surface area contributed by atoms with Crippen molar-refractivity contribution in [3.63, 3.8) is 0 Å². The normalized spacial score (nSPS) is 10.2. The first-order valence-electron chi connectivity index (χ1n) is 6.85. The predicted molar refractivity (Wildman–Crippen MR) is 85.6 cm³/mol. The van der Waals surface area contributed by atoms with E-state index >= 15 is 0 Å². The molecule has 0 aliphatic carbocycles. The van der Waals surface area contributed by atoms with Gasteiger partial charge in [0, 0.05) is 23.0 Å². The number of carbonyl (C=O) groups excluding carboxylic acids is 2. The van der Waals surface area contributed by atoms with E-state index in [1.54, 1.807) is 23.6 Å². The maximum Gasteiger partial charge on any atom is 0.248 e. The molecule has 0 atom stereocenters. The number of pyridine rings is 1. The van der Waals surface area contributed by atoms with Crippen LogP contribution in [-0.4, -0.2) is 23.5 Å². The molecule has 3 N–H and O–H groups in total. The summed E-state index contributed by atoms with van der Waals surface area (Å²) in [6.07, 6.45) is 1.49. The van der Waals surface area contributed by atoms with Gasteiger partial charge >= 0.3 is 0 Å². The lowest BCUT2D eigenvalue weighted by atomic mass is 10.2. The highest BCUT2D eigenvalue weighted by atomic mass is 16.5. The number of aromatic nitrogens is 1. The molecule has 120 valence electrons. The molecule has 0 aliphatic heterocycles. The molecule has 23 heavy (non-hydrogen) atoms. The fourth-order valence-corrected chi connectivity index (χ4v) is 2.05. The Morgan fingerprint density at radius 2 is 1.91 bits per heavy atom. The van der Waals surface area contributed by atoms with Crippen LogP contribution >= 0.6 is 0 Å². The number of ether oxygens (including phenoxy) is 1. The Balaban J connectivity index is 2.10. The van der Waals surface area contributed by atoms with Crippen molar-refractivity contribution in [2.24, 2.45) is 5.73 Å². The minimum atomic E-state index is -0.529. The summed E-state index contributed by atoms with van der Waals surface area (Å²) < 4.78 is 6.59. The number of nitrogens with two attached hydrogens (primary N) is 1. The number of nitrogens with one attached hydrogen (secondary N) is 1. The van der Waals surface area contributed by atoms with Crippen molar-refractivity contribution in [2.45, 2.75) is 13.5 Å². The number of hydrogen-bond donors (Lipinski definition) is 2. The highest BCUT2D eigenvalue weighted by molar-refractivity contribution is 5.94. The average Bonchev–Trinajstić information content (AvgIpc) is 2.50. The van der Waals surface area contributed by atoms with Crippen LogP contribution in [-0.2, 0) is 11.3 Å². The van der Waals surface area contributed by atoms with E-state index in [1.807, 2.05) is 0 Å². The quantitative estimate of drug-likeness (QED) is 0.855. The van der Waals surface area contributed by atoms with Gasteiger partial charge in [-0.25, -0.2) is 0 Å². The standard InChI is InChI=1S/C16H17N3O4/c1-10-7-13(20)14(23-2)8-19(10)9-15(21)18-12-5-3-11(4-6-12)16(17)22/h3-8H,9H2,1-2H3,(H2,17,22)(H,18,21). The van der Waals surface area contributed by atoms with Crippen LogP contribution in [0.15, 0.2) is 41.3 Å². The number of aryl methyl sites for hydroxylation is 1. The van der Waals surface area contributed by atoms with Gasteiger partial charge in [0.05, 0.1) is 13.3 Å². The van der Waals surface area contributed by atoms with Crippen molar-refractivity contribution in [3.8, 4) is 5.75 Å². The molecule has 1 aromatic carbocycles. The number of amides is 2. The first kappa shape index (κ1) is 16.3. The minimum absolute atomic E-state index is 0.0278. The van der Waals surface area contributed by atoms with E-state index < -0.39 is 5.91 Å². The lowest BCUT2D eigenvalue weighted by molar-refractivity contribution is -0.116. The van der Waals surface area contributed by atoms with Crippen LogP contribution in [0.2, 0.25) is 0 Å². The average molecular weight is 315 g/mol. The number of methoxy groups -OCH3 is 1. The second-order valence-corrected chi connectivity index (χ2v) is 4.97. The molecule has 0 saturated heterocycles. The fraction of sp³-hybridized carbons (Fsp3) is 0.188. The van der Waals surface area contributed by atoms with Crippen LogP contribution in [0.3, 0.4) is 0 Å². The van der Waals surface area contributed by atoms with Crippen molar-refractivity contribution in [1.82, 2.24) is 4.57 Å². The molecule has 7 heteroatoms. The van der Waals surface area contributed by atoms with Gasteiger partial charge in [-0.3, -0.25) is 14.4 Å². The first-order chi connectivity index (χ1) is 10.9. The number of benzene rings is 1. The minimum Gasteiger partial charge on any atom is -0.491 e. The van der Waals surface area contributed by atoms with E-state index in [4.69, 9.17) is 10.5 Å². The van der Waals surface area contributed by atoms with Crippen molar-refractivity contribution >= 4 is 17.5 Å². The molecular formula is C16H17N3O4. The van der Waals surface area contributed by atoms with E-state index in [0.717, 1.165) is 0 Å². The van der Waals surface area contributed by atoms with E-state index in [1.165, 1.54) is 31.5 Å². The van der Waals surface area contributed by atoms with Gasteiger partial charge in [-0.2, -0.15) is 0 Å². The van der Waals surface area contributed by atoms with E-state index in [0.29, 0.717) is 16.9 Å². The number of nitrogens with zero attached hydrogens (tertiary/aromatic N) is 1. The summed E-state index contributed by atoms with van der Waals surface area (Å²) in [5.41, 5.74) is 6.48. The third kappa shape index (κ3) is 3.97. The first-order valence-corrected chi connectivity index (χ1v) is 6.85. The predicted octanol–water partition coefficient (Wildman–Crippen LogP) is 0.903. The molecule has 0 radical (unpaired) electrons. The molecule has 2 aromatic rings. The molecule has 0 saturated carbocycles. The van der Waals surface area contributed by atoms with Gasteiger partial charge in [-0.15, -0.1) is 0 Å². The summed E-state index contributed by atoms with van der Waals surface area (Å²) in [6.45, 7) is 1.76. The largest absolute Gasteiger partial charge is 0.491 e. The molecule has 0 fully saturated rings. The van der Waals surface area contributed by atoms with E-state index in [-0.39, 0.29) is 23.6 Å². The zero-order valence-corrected chi connectivity index (χ0v) is 12.8. The second-order valence-electron chi connectivity index (χ2n) is 4.97. The maximum atomic E-state index is 12.1. The summed E-state index contributed by atoms with van der Waals surface area (Å²) in [4.78, 5) is 34.7. The van der Waals surface area contributed by atoms with Gasteiger partial charge in [0.1, 0.15) is 6.54 Å². The van der Waals surface area contributed by atoms with Gasteiger partial charge in [-0.1, -0.05) is 0 Å². The molecule has 0 aliphatic rings. The van der Waals surface area contributed by atoms with Crippen molar-refractivity contribution in [2.75, 3.05) is 12.4 Å². The van der Waals surface area contributed by atoms with Crippen molar-refractivity contribution < 1.29 is 14.3 Å². The highest BCUT2D eigenvalue weighted by Gasteiger charge is 2.09. The van der Waals surface area contributed by atoms with Crippen molar-refractivity contribution in [3.05, 3.63) is 58.0 Å². The Morgan fingerprint density at radius 3 is 2.48 bits per heavy atom. The van der Waals surface area contributed by atoms with Crippen LogP contribution in [0.1, 0.15) is 16.1 Å². The van der Waals surface area contributed by atoms with E-state index in [2.05, 4.69) is 5.32 Å². The van der Waals surface area contributed by atoms with Crippen LogP contribution in [0.4, 0.5) is 5.69 Å². The van der Waals surface area contributed by atoms with Gasteiger partial charge in [0.2, 0.25) is 17.2 Å². The Hall–Kier alpha value is -3.09. The van der Waals surface area contributed by atoms with Crippen LogP contribution in [0.5, 0.6) is 5.75 Å².